The van der Waals surface area contributed by atoms with E-state index in [0.717, 1.165) is 73.6 Å². The summed E-state index contributed by atoms with van der Waals surface area (Å²) in [5, 5.41) is 8.70. The van der Waals surface area contributed by atoms with Gasteiger partial charge in [-0.3, -0.25) is 9.69 Å². The average Bonchev–Trinajstić information content (AvgIpc) is 3.09. The van der Waals surface area contributed by atoms with Gasteiger partial charge in [-0.15, -0.1) is 0 Å². The van der Waals surface area contributed by atoms with E-state index < -0.39 is 0 Å². The molecule has 1 amide bonds. The van der Waals surface area contributed by atoms with E-state index in [2.05, 4.69) is 39.3 Å². The minimum absolute atomic E-state index is 0.127. The molecule has 7 heteroatoms. The Morgan fingerprint density at radius 3 is 2.75 bits per heavy atom. The second kappa shape index (κ2) is 8.14. The van der Waals surface area contributed by atoms with Crippen LogP contribution in [0, 0.1) is 6.92 Å². The number of hydrogen-bond donors (Lipinski definition) is 1. The van der Waals surface area contributed by atoms with E-state index in [1.54, 1.807) is 0 Å². The Balaban J connectivity index is 1.48. The van der Waals surface area contributed by atoms with Gasteiger partial charge in [-0.2, -0.15) is 5.10 Å². The zero-order valence-electron chi connectivity index (χ0n) is 16.7. The van der Waals surface area contributed by atoms with Crippen LogP contribution in [0.25, 0.3) is 16.6 Å². The summed E-state index contributed by atoms with van der Waals surface area (Å²) < 4.78 is 1.92. The molecule has 3 aromatic rings. The van der Waals surface area contributed by atoms with Crippen LogP contribution in [0.1, 0.15) is 25.5 Å². The fraction of sp³-hybridized carbons (Fsp3) is 0.476. The maximum atomic E-state index is 12.1. The van der Waals surface area contributed by atoms with Gasteiger partial charge < -0.3 is 10.2 Å². The summed E-state index contributed by atoms with van der Waals surface area (Å²) in [4.78, 5) is 21.5. The Bertz CT molecular complexity index is 974. The first-order valence-corrected chi connectivity index (χ1v) is 10.1. The van der Waals surface area contributed by atoms with Crippen molar-refractivity contribution in [1.29, 1.82) is 0 Å². The molecular formula is C21H28N6O. The molecule has 2 aromatic heterocycles. The van der Waals surface area contributed by atoms with Gasteiger partial charge in [0.2, 0.25) is 5.91 Å². The quantitative estimate of drug-likeness (QED) is 0.665. The Morgan fingerprint density at radius 2 is 1.96 bits per heavy atom. The molecule has 0 aliphatic carbocycles. The third-order valence-corrected chi connectivity index (χ3v) is 5.30. The molecule has 4 rings (SSSR count). The van der Waals surface area contributed by atoms with Crippen molar-refractivity contribution in [2.24, 2.45) is 0 Å². The number of unbranched alkanes of at least 4 members (excludes halogenated alkanes) is 1. The van der Waals surface area contributed by atoms with Crippen molar-refractivity contribution < 1.29 is 4.79 Å². The molecule has 0 saturated carbocycles. The van der Waals surface area contributed by atoms with Crippen molar-refractivity contribution in [1.82, 2.24) is 24.8 Å². The van der Waals surface area contributed by atoms with Crippen molar-refractivity contribution in [2.75, 3.05) is 44.2 Å². The normalized spacial score (nSPS) is 15.4. The molecule has 1 saturated heterocycles. The summed E-state index contributed by atoms with van der Waals surface area (Å²) in [6, 6.07) is 10.3. The number of carbonyl (C=O) groups excluding carboxylic acids is 1. The molecule has 1 N–H and O–H groups in total. The molecule has 3 heterocycles. The lowest BCUT2D eigenvalue weighted by atomic mass is 10.2. The lowest BCUT2D eigenvalue weighted by Gasteiger charge is -2.35. The minimum atomic E-state index is 0.127. The number of aryl methyl sites for hydroxylation is 1. The standard InChI is InChI=1S/C21H28N6O/c1-3-4-9-22-20(28)15-25-10-12-26(13-11-25)21-17-7-5-6-8-18(17)27-19(23-21)14-16(2)24-27/h5-8,14H,3-4,9-13,15H2,1-2H3,(H,22,28). The Hall–Kier alpha value is -2.67. The van der Waals surface area contributed by atoms with Crippen LogP contribution in [0.3, 0.4) is 0 Å². The molecule has 1 fully saturated rings. The first-order chi connectivity index (χ1) is 13.7. The summed E-state index contributed by atoms with van der Waals surface area (Å²) in [6.07, 6.45) is 2.13. The molecule has 0 atom stereocenters. The lowest BCUT2D eigenvalue weighted by molar-refractivity contribution is -0.122. The Kier molecular flexibility index (Phi) is 5.43. The van der Waals surface area contributed by atoms with Crippen molar-refractivity contribution in [2.45, 2.75) is 26.7 Å². The topological polar surface area (TPSA) is 65.8 Å². The van der Waals surface area contributed by atoms with Gasteiger partial charge >= 0.3 is 0 Å². The summed E-state index contributed by atoms with van der Waals surface area (Å²) in [5.74, 6) is 1.14. The third-order valence-electron chi connectivity index (χ3n) is 5.30. The summed E-state index contributed by atoms with van der Waals surface area (Å²) in [5.41, 5.74) is 2.92. The largest absolute Gasteiger partial charge is 0.355 e. The monoisotopic (exact) mass is 380 g/mol. The number of aromatic nitrogens is 3. The molecule has 0 unspecified atom stereocenters. The molecule has 0 spiro atoms. The second-order valence-corrected chi connectivity index (χ2v) is 7.47. The highest BCUT2D eigenvalue weighted by molar-refractivity contribution is 5.91. The van der Waals surface area contributed by atoms with Gasteiger partial charge in [0.1, 0.15) is 5.82 Å². The van der Waals surface area contributed by atoms with Crippen LogP contribution in [-0.2, 0) is 4.79 Å². The molecule has 1 aliphatic rings. The van der Waals surface area contributed by atoms with Crippen LogP contribution in [0.15, 0.2) is 30.3 Å². The molecule has 7 nitrogen and oxygen atoms in total. The van der Waals surface area contributed by atoms with Gasteiger partial charge in [-0.1, -0.05) is 25.5 Å². The highest BCUT2D eigenvalue weighted by atomic mass is 16.2. The first-order valence-electron chi connectivity index (χ1n) is 10.1. The molecule has 1 aliphatic heterocycles. The number of fused-ring (bicyclic) bond motifs is 3. The zero-order valence-corrected chi connectivity index (χ0v) is 16.7. The molecule has 0 bridgehead atoms. The second-order valence-electron chi connectivity index (χ2n) is 7.47. The number of anilines is 1. The number of piperazine rings is 1. The van der Waals surface area contributed by atoms with E-state index >= 15 is 0 Å². The van der Waals surface area contributed by atoms with E-state index in [1.807, 2.05) is 29.6 Å². The number of nitrogens with one attached hydrogen (secondary N) is 1. The highest BCUT2D eigenvalue weighted by Crippen LogP contribution is 2.27. The summed E-state index contributed by atoms with van der Waals surface area (Å²) in [7, 11) is 0. The van der Waals surface area contributed by atoms with Gasteiger partial charge in [0, 0.05) is 44.2 Å². The molecule has 1 aromatic carbocycles. The van der Waals surface area contributed by atoms with Crippen LogP contribution >= 0.6 is 0 Å². The van der Waals surface area contributed by atoms with E-state index in [0.29, 0.717) is 6.54 Å². The lowest BCUT2D eigenvalue weighted by Crippen LogP contribution is -2.49. The molecule has 28 heavy (non-hydrogen) atoms. The fourth-order valence-corrected chi connectivity index (χ4v) is 3.78. The number of benzene rings is 1. The van der Waals surface area contributed by atoms with Crippen LogP contribution < -0.4 is 10.2 Å². The van der Waals surface area contributed by atoms with E-state index in [9.17, 15) is 4.79 Å². The number of carbonyl (C=O) groups is 1. The van der Waals surface area contributed by atoms with Crippen molar-refractivity contribution in [3.05, 3.63) is 36.0 Å². The fourth-order valence-electron chi connectivity index (χ4n) is 3.78. The number of para-hydroxylation sites is 1. The van der Waals surface area contributed by atoms with Crippen LogP contribution in [0.4, 0.5) is 5.82 Å². The van der Waals surface area contributed by atoms with Crippen molar-refractivity contribution in [3.63, 3.8) is 0 Å². The van der Waals surface area contributed by atoms with Crippen LogP contribution in [-0.4, -0.2) is 64.7 Å². The minimum Gasteiger partial charge on any atom is -0.355 e. The first kappa shape index (κ1) is 18.7. The Labute approximate surface area is 165 Å². The van der Waals surface area contributed by atoms with Crippen LogP contribution in [0.2, 0.25) is 0 Å². The van der Waals surface area contributed by atoms with Gasteiger partial charge in [0.05, 0.1) is 17.8 Å². The van der Waals surface area contributed by atoms with Crippen molar-refractivity contribution >= 4 is 28.3 Å². The number of hydrogen-bond acceptors (Lipinski definition) is 5. The van der Waals surface area contributed by atoms with E-state index in [4.69, 9.17) is 4.98 Å². The van der Waals surface area contributed by atoms with E-state index in [-0.39, 0.29) is 5.91 Å². The zero-order chi connectivity index (χ0) is 19.5. The Morgan fingerprint density at radius 1 is 1.18 bits per heavy atom. The number of nitrogens with zero attached hydrogens (tertiary/aromatic N) is 5. The molecular weight excluding hydrogens is 352 g/mol. The SMILES string of the molecule is CCCCNC(=O)CN1CCN(c2nc3cc(C)nn3c3ccccc23)CC1. The van der Waals surface area contributed by atoms with Crippen molar-refractivity contribution in [3.8, 4) is 0 Å². The summed E-state index contributed by atoms with van der Waals surface area (Å²) >= 11 is 0. The average molecular weight is 380 g/mol. The number of amides is 1. The summed E-state index contributed by atoms with van der Waals surface area (Å²) in [6.45, 7) is 8.83. The van der Waals surface area contributed by atoms with E-state index in [1.165, 1.54) is 0 Å². The predicted molar refractivity (Wildman–Crippen MR) is 112 cm³/mol. The predicted octanol–water partition coefficient (Wildman–Crippen LogP) is 2.23. The maximum Gasteiger partial charge on any atom is 0.234 e. The highest BCUT2D eigenvalue weighted by Gasteiger charge is 2.22. The van der Waals surface area contributed by atoms with Gasteiger partial charge in [0.25, 0.3) is 0 Å². The molecule has 148 valence electrons. The smallest absolute Gasteiger partial charge is 0.234 e. The maximum absolute atomic E-state index is 12.1. The van der Waals surface area contributed by atoms with Gasteiger partial charge in [0.15, 0.2) is 5.65 Å². The number of rotatable bonds is 6. The van der Waals surface area contributed by atoms with Crippen LogP contribution in [0.5, 0.6) is 0 Å². The van der Waals surface area contributed by atoms with Gasteiger partial charge in [-0.05, 0) is 25.5 Å². The third kappa shape index (κ3) is 3.80. The molecule has 0 radical (unpaired) electrons. The van der Waals surface area contributed by atoms with Gasteiger partial charge in [-0.25, -0.2) is 9.50 Å².